The number of amides is 1. The maximum absolute atomic E-state index is 13.3. The Labute approximate surface area is 229 Å². The van der Waals surface area contributed by atoms with Crippen LogP contribution in [0.25, 0.3) is 0 Å². The first-order valence-corrected chi connectivity index (χ1v) is 14.8. The number of benzene rings is 2. The number of fused-ring (bicyclic) bond motifs is 6. The molecular weight excluding hydrogens is 520 g/mol. The molecule has 0 spiro atoms. The molecule has 1 aliphatic heterocycles. The summed E-state index contributed by atoms with van der Waals surface area (Å²) in [7, 11) is 1.67. The van der Waals surface area contributed by atoms with E-state index in [9.17, 15) is 14.4 Å². The quantitative estimate of drug-likeness (QED) is 0.397. The Kier molecular flexibility index (Phi) is 6.82. The zero-order chi connectivity index (χ0) is 26.4. The minimum Gasteiger partial charge on any atom is -0.497 e. The molecule has 2 fully saturated rings. The van der Waals surface area contributed by atoms with E-state index < -0.39 is 5.97 Å². The van der Waals surface area contributed by atoms with Gasteiger partial charge in [-0.3, -0.25) is 14.2 Å². The summed E-state index contributed by atoms with van der Waals surface area (Å²) >= 11 is 3.11. The van der Waals surface area contributed by atoms with Crippen LogP contribution in [-0.2, 0) is 16.1 Å². The van der Waals surface area contributed by atoms with Gasteiger partial charge in [-0.15, -0.1) is 11.8 Å². The van der Waals surface area contributed by atoms with Crippen molar-refractivity contribution in [2.24, 2.45) is 17.8 Å². The molecule has 6 rings (SSSR count). The fourth-order valence-electron chi connectivity index (χ4n) is 6.52. The number of carbonyl (C=O) groups excluding carboxylic acids is 2. The molecule has 2 heterocycles. The standard InChI is InChI=1S/C29H30N2O5S2/c1-3-36-28(33)17-6-10-20(11-7-17)30-22(32)15-31-27-26(38-29(31)34)23(16-8-12-21(35-2)13-9-16)24-18-4-5-19(14-18)25(24)37-27/h6-13,18-19,23-25H,3-5,14-15H2,1-2H3,(H,30,32)/t18-,19-,23-,24-,25+/m0/s1. The van der Waals surface area contributed by atoms with Gasteiger partial charge in [0.25, 0.3) is 0 Å². The second-order valence-corrected chi connectivity index (χ2v) is 12.4. The van der Waals surface area contributed by atoms with Gasteiger partial charge >= 0.3 is 10.8 Å². The second-order valence-electron chi connectivity index (χ2n) is 10.2. The third-order valence-corrected chi connectivity index (χ3v) is 11.0. The van der Waals surface area contributed by atoms with Crippen LogP contribution >= 0.6 is 23.1 Å². The number of nitrogens with zero attached hydrogens (tertiary/aromatic N) is 1. The van der Waals surface area contributed by atoms with Crippen molar-refractivity contribution < 1.29 is 19.1 Å². The lowest BCUT2D eigenvalue weighted by Gasteiger charge is -2.40. The van der Waals surface area contributed by atoms with Gasteiger partial charge in [0.1, 0.15) is 12.3 Å². The Morgan fingerprint density at radius 2 is 1.79 bits per heavy atom. The maximum Gasteiger partial charge on any atom is 0.338 e. The number of aromatic nitrogens is 1. The topological polar surface area (TPSA) is 86.6 Å². The highest BCUT2D eigenvalue weighted by Crippen LogP contribution is 2.64. The van der Waals surface area contributed by atoms with E-state index in [1.807, 2.05) is 23.9 Å². The van der Waals surface area contributed by atoms with Crippen molar-refractivity contribution in [3.05, 3.63) is 74.2 Å². The molecule has 1 aromatic heterocycles. The summed E-state index contributed by atoms with van der Waals surface area (Å²) in [4.78, 5) is 39.2. The average molecular weight is 551 g/mol. The largest absolute Gasteiger partial charge is 0.497 e. The Bertz CT molecular complexity index is 1410. The van der Waals surface area contributed by atoms with Crippen LogP contribution in [0, 0.1) is 17.8 Å². The summed E-state index contributed by atoms with van der Waals surface area (Å²) in [6.45, 7) is 2.02. The van der Waals surface area contributed by atoms with Gasteiger partial charge < -0.3 is 14.8 Å². The fourth-order valence-corrected chi connectivity index (χ4v) is 9.67. The lowest BCUT2D eigenvalue weighted by molar-refractivity contribution is -0.116. The molecule has 2 saturated carbocycles. The maximum atomic E-state index is 13.3. The first-order chi connectivity index (χ1) is 18.5. The number of hydrogen-bond donors (Lipinski definition) is 1. The van der Waals surface area contributed by atoms with E-state index in [-0.39, 0.29) is 23.2 Å². The number of thiazole rings is 1. The lowest BCUT2D eigenvalue weighted by atomic mass is 9.75. The van der Waals surface area contributed by atoms with Gasteiger partial charge in [-0.25, -0.2) is 4.79 Å². The molecule has 2 bridgehead atoms. The van der Waals surface area contributed by atoms with E-state index in [4.69, 9.17) is 9.47 Å². The Hall–Kier alpha value is -3.04. The van der Waals surface area contributed by atoms with E-state index in [1.54, 1.807) is 42.9 Å². The number of esters is 1. The number of thioether (sulfide) groups is 1. The van der Waals surface area contributed by atoms with E-state index >= 15 is 0 Å². The first-order valence-electron chi connectivity index (χ1n) is 13.1. The van der Waals surface area contributed by atoms with Crippen molar-refractivity contribution in [1.29, 1.82) is 0 Å². The highest BCUT2D eigenvalue weighted by molar-refractivity contribution is 8.00. The van der Waals surface area contributed by atoms with Gasteiger partial charge in [0.15, 0.2) is 0 Å². The van der Waals surface area contributed by atoms with Gasteiger partial charge in [-0.1, -0.05) is 23.5 Å². The van der Waals surface area contributed by atoms with Crippen LogP contribution in [0.3, 0.4) is 0 Å². The minimum absolute atomic E-state index is 0.0435. The number of methoxy groups -OCH3 is 1. The molecular formula is C29H30N2O5S2. The SMILES string of the molecule is CCOC(=O)c1ccc(NC(=O)Cn2c3c(sc2=O)[C@@H](c2ccc(OC)cc2)[C@@H]2[C@H]4CC[C@@H](C4)[C@H]2S3)cc1. The third kappa shape index (κ3) is 4.45. The van der Waals surface area contributed by atoms with Crippen LogP contribution in [0.4, 0.5) is 5.69 Å². The summed E-state index contributed by atoms with van der Waals surface area (Å²) in [6, 6.07) is 14.8. The second kappa shape index (κ2) is 10.3. The van der Waals surface area contributed by atoms with Gasteiger partial charge in [0, 0.05) is 21.7 Å². The van der Waals surface area contributed by atoms with E-state index in [2.05, 4.69) is 17.4 Å². The van der Waals surface area contributed by atoms with Crippen molar-refractivity contribution in [2.75, 3.05) is 19.0 Å². The molecule has 1 N–H and O–H groups in total. The van der Waals surface area contributed by atoms with Crippen LogP contribution in [0.2, 0.25) is 0 Å². The van der Waals surface area contributed by atoms with Crippen LogP contribution < -0.4 is 14.9 Å². The number of ether oxygens (including phenoxy) is 2. The summed E-state index contributed by atoms with van der Waals surface area (Å²) in [5.41, 5.74) is 2.21. The van der Waals surface area contributed by atoms with Gasteiger partial charge in [-0.05, 0) is 85.9 Å². The van der Waals surface area contributed by atoms with Crippen LogP contribution in [-0.4, -0.2) is 35.4 Å². The van der Waals surface area contributed by atoms with Crippen molar-refractivity contribution in [3.8, 4) is 5.75 Å². The lowest BCUT2D eigenvalue weighted by Crippen LogP contribution is -2.34. The first kappa shape index (κ1) is 25.2. The van der Waals surface area contributed by atoms with Crippen molar-refractivity contribution in [2.45, 2.75) is 48.9 Å². The minimum atomic E-state index is -0.399. The van der Waals surface area contributed by atoms with Crippen LogP contribution in [0.5, 0.6) is 5.75 Å². The molecule has 0 saturated heterocycles. The zero-order valence-corrected chi connectivity index (χ0v) is 23.0. The molecule has 0 radical (unpaired) electrons. The Morgan fingerprint density at radius 3 is 2.50 bits per heavy atom. The van der Waals surface area contributed by atoms with E-state index in [0.29, 0.717) is 40.9 Å². The van der Waals surface area contributed by atoms with E-state index in [1.165, 1.54) is 36.2 Å². The highest BCUT2D eigenvalue weighted by Gasteiger charge is 2.55. The smallest absolute Gasteiger partial charge is 0.338 e. The van der Waals surface area contributed by atoms with Crippen molar-refractivity contribution in [3.63, 3.8) is 0 Å². The monoisotopic (exact) mass is 550 g/mol. The fraction of sp³-hybridized carbons (Fsp3) is 0.414. The number of nitrogens with one attached hydrogen (secondary N) is 1. The molecule has 38 heavy (non-hydrogen) atoms. The number of carbonyl (C=O) groups is 2. The van der Waals surface area contributed by atoms with Crippen molar-refractivity contribution in [1.82, 2.24) is 4.57 Å². The average Bonchev–Trinajstić information content (AvgIpc) is 3.62. The molecule has 2 aliphatic carbocycles. The molecule has 3 aliphatic rings. The van der Waals surface area contributed by atoms with Gasteiger partial charge in [-0.2, -0.15) is 0 Å². The molecule has 3 aromatic rings. The summed E-state index contributed by atoms with van der Waals surface area (Å²) in [5, 5.41) is 4.28. The molecule has 5 atom stereocenters. The highest BCUT2D eigenvalue weighted by atomic mass is 32.2. The number of rotatable bonds is 7. The molecule has 1 amide bonds. The van der Waals surface area contributed by atoms with Crippen LogP contribution in [0.1, 0.15) is 52.9 Å². The Balaban J connectivity index is 1.27. The number of hydrogen-bond acceptors (Lipinski definition) is 7. The van der Waals surface area contributed by atoms with Crippen LogP contribution in [0.15, 0.2) is 58.4 Å². The zero-order valence-electron chi connectivity index (χ0n) is 21.3. The molecule has 7 nitrogen and oxygen atoms in total. The summed E-state index contributed by atoms with van der Waals surface area (Å²) < 4.78 is 12.1. The number of anilines is 1. The molecule has 198 valence electrons. The molecule has 2 aromatic carbocycles. The Morgan fingerprint density at radius 1 is 1.05 bits per heavy atom. The predicted molar refractivity (Wildman–Crippen MR) is 148 cm³/mol. The predicted octanol–water partition coefficient (Wildman–Crippen LogP) is 5.39. The molecule has 0 unspecified atom stereocenters. The third-order valence-electron chi connectivity index (χ3n) is 8.15. The van der Waals surface area contributed by atoms with Gasteiger partial charge in [0.05, 0.1) is 24.3 Å². The van der Waals surface area contributed by atoms with E-state index in [0.717, 1.165) is 15.7 Å². The molecule has 9 heteroatoms. The van der Waals surface area contributed by atoms with Crippen molar-refractivity contribution >= 4 is 40.7 Å². The summed E-state index contributed by atoms with van der Waals surface area (Å²) in [6.07, 6.45) is 3.78. The van der Waals surface area contributed by atoms with Gasteiger partial charge in [0.2, 0.25) is 5.91 Å². The normalized spacial score (nSPS) is 24.9. The summed E-state index contributed by atoms with van der Waals surface area (Å²) in [5.74, 6) is 2.18.